The number of carbonyl (C=O) groups is 1. The monoisotopic (exact) mass is 699 g/mol. The van der Waals surface area contributed by atoms with Gasteiger partial charge in [0.2, 0.25) is 0 Å². The predicted octanol–water partition coefficient (Wildman–Crippen LogP) is 4.31. The van der Waals surface area contributed by atoms with Gasteiger partial charge in [0.25, 0.3) is 10.0 Å². The van der Waals surface area contributed by atoms with E-state index in [1.165, 1.54) is 19.1 Å². The number of alkyl halides is 9. The van der Waals surface area contributed by atoms with E-state index >= 15 is 0 Å². The standard InChI is InChI=1S/C19H14F9NO9S4/c1-3-15(30)37-10(2)39-14-9-8-13(11-6-4-5-7-12(11)14)38-42(35,36)18(24,25)16(20,21)17(22,23)40(31,32)29-41(33,34)19(26,27)28/h3-10,29H,1H2,2H3. The average molecular weight is 700 g/mol. The van der Waals surface area contributed by atoms with E-state index < -0.39 is 78.8 Å². The molecule has 10 nitrogen and oxygen atoms in total. The van der Waals surface area contributed by atoms with Crippen molar-refractivity contribution in [1.29, 1.82) is 0 Å². The van der Waals surface area contributed by atoms with Crippen LogP contribution in [-0.4, -0.2) is 58.6 Å². The number of ether oxygens (including phenoxy) is 1. The number of halogens is 9. The van der Waals surface area contributed by atoms with Crippen LogP contribution in [0.3, 0.4) is 0 Å². The van der Waals surface area contributed by atoms with Gasteiger partial charge in [-0.25, -0.2) is 21.6 Å². The number of esters is 1. The summed E-state index contributed by atoms with van der Waals surface area (Å²) in [6, 6.07) is 6.24. The van der Waals surface area contributed by atoms with E-state index in [9.17, 15) is 69.6 Å². The quantitative estimate of drug-likeness (QED) is 0.0849. The summed E-state index contributed by atoms with van der Waals surface area (Å²) < 4.78 is 200. The first-order valence-electron chi connectivity index (χ1n) is 10.2. The van der Waals surface area contributed by atoms with Gasteiger partial charge in [0, 0.05) is 16.4 Å². The second-order valence-electron chi connectivity index (χ2n) is 7.62. The molecule has 2 rings (SSSR count). The Balaban J connectivity index is 2.54. The van der Waals surface area contributed by atoms with Crippen LogP contribution >= 0.6 is 11.8 Å². The van der Waals surface area contributed by atoms with Crippen molar-refractivity contribution in [1.82, 2.24) is 4.13 Å². The Hall–Kier alpha value is -2.76. The fourth-order valence-corrected chi connectivity index (χ4v) is 7.11. The first-order valence-corrected chi connectivity index (χ1v) is 15.4. The summed E-state index contributed by atoms with van der Waals surface area (Å²) >= 11 is 0.799. The van der Waals surface area contributed by atoms with Gasteiger partial charge in [0.05, 0.1) is 0 Å². The molecular weight excluding hydrogens is 685 g/mol. The lowest BCUT2D eigenvalue weighted by molar-refractivity contribution is -0.245. The van der Waals surface area contributed by atoms with Crippen molar-refractivity contribution in [3.05, 3.63) is 49.1 Å². The van der Waals surface area contributed by atoms with Crippen LogP contribution in [0.2, 0.25) is 0 Å². The largest absolute Gasteiger partial charge is 0.512 e. The van der Waals surface area contributed by atoms with Crippen LogP contribution in [0, 0.1) is 0 Å². The van der Waals surface area contributed by atoms with Crippen molar-refractivity contribution in [2.75, 3.05) is 0 Å². The van der Waals surface area contributed by atoms with Crippen LogP contribution in [0.1, 0.15) is 6.92 Å². The zero-order valence-corrected chi connectivity index (χ0v) is 23.3. The van der Waals surface area contributed by atoms with Gasteiger partial charge in [-0.15, -0.1) is 0 Å². The van der Waals surface area contributed by atoms with E-state index in [0.29, 0.717) is 6.07 Å². The van der Waals surface area contributed by atoms with E-state index in [4.69, 9.17) is 4.74 Å². The van der Waals surface area contributed by atoms with E-state index in [1.54, 1.807) is 0 Å². The third-order valence-electron chi connectivity index (χ3n) is 4.69. The first-order chi connectivity index (χ1) is 18.8. The maximum atomic E-state index is 14.5. The molecule has 0 aliphatic rings. The minimum atomic E-state index is -7.92. The summed E-state index contributed by atoms with van der Waals surface area (Å²) in [7, 11) is -22.7. The third-order valence-corrected chi connectivity index (χ3v) is 10.3. The first kappa shape index (κ1) is 35.4. The van der Waals surface area contributed by atoms with Gasteiger partial charge in [-0.3, -0.25) is 0 Å². The van der Waals surface area contributed by atoms with Crippen molar-refractivity contribution >= 4 is 58.7 Å². The summed E-state index contributed by atoms with van der Waals surface area (Å²) in [6.07, 6.45) is 0.826. The average Bonchev–Trinajstić information content (AvgIpc) is 2.83. The Morgan fingerprint density at radius 2 is 1.38 bits per heavy atom. The summed E-state index contributed by atoms with van der Waals surface area (Å²) in [5, 5.41) is -15.2. The number of thioether (sulfide) groups is 1. The molecule has 2 aromatic carbocycles. The second-order valence-corrected chi connectivity index (χ2v) is 14.2. The third kappa shape index (κ3) is 6.43. The Morgan fingerprint density at radius 1 is 0.857 bits per heavy atom. The molecule has 0 spiro atoms. The second kappa shape index (κ2) is 11.4. The Morgan fingerprint density at radius 3 is 1.88 bits per heavy atom. The topological polar surface area (TPSA) is 150 Å². The number of sulfonamides is 2. The van der Waals surface area contributed by atoms with Crippen molar-refractivity contribution < 1.29 is 78.5 Å². The lowest BCUT2D eigenvalue weighted by atomic mass is 10.1. The highest BCUT2D eigenvalue weighted by Gasteiger charge is 2.83. The molecule has 1 atom stereocenters. The molecule has 0 aliphatic heterocycles. The zero-order valence-electron chi connectivity index (χ0n) is 20.0. The van der Waals surface area contributed by atoms with Gasteiger partial charge in [-0.1, -0.05) is 46.7 Å². The highest BCUT2D eigenvalue weighted by Crippen LogP contribution is 2.51. The Bertz CT molecular complexity index is 1710. The molecule has 0 saturated heterocycles. The van der Waals surface area contributed by atoms with E-state index in [-0.39, 0.29) is 10.3 Å². The highest BCUT2D eigenvalue weighted by molar-refractivity contribution is 8.05. The molecule has 42 heavy (non-hydrogen) atoms. The fraction of sp³-hybridized carbons (Fsp3) is 0.316. The van der Waals surface area contributed by atoms with Crippen molar-refractivity contribution in [3.63, 3.8) is 0 Å². The maximum Gasteiger partial charge on any atom is 0.512 e. The smallest absolute Gasteiger partial charge is 0.448 e. The summed E-state index contributed by atoms with van der Waals surface area (Å²) in [6.45, 7) is 4.56. The molecule has 1 unspecified atom stereocenters. The lowest BCUT2D eigenvalue weighted by Gasteiger charge is -2.31. The molecule has 0 heterocycles. The molecule has 0 amide bonds. The number of benzene rings is 2. The van der Waals surface area contributed by atoms with Crippen molar-refractivity contribution in [2.24, 2.45) is 0 Å². The van der Waals surface area contributed by atoms with Crippen molar-refractivity contribution in [2.45, 2.75) is 39.2 Å². The maximum absolute atomic E-state index is 14.5. The number of carbonyl (C=O) groups excluding carboxylic acids is 1. The highest BCUT2D eigenvalue weighted by atomic mass is 32.3. The predicted molar refractivity (Wildman–Crippen MR) is 127 cm³/mol. The van der Waals surface area contributed by atoms with E-state index in [2.05, 4.69) is 10.8 Å². The lowest BCUT2D eigenvalue weighted by Crippen LogP contribution is -2.64. The van der Waals surface area contributed by atoms with Gasteiger partial charge in [0.15, 0.2) is 5.75 Å². The molecule has 1 N–H and O–H groups in total. The van der Waals surface area contributed by atoms with Gasteiger partial charge in [0.1, 0.15) is 5.44 Å². The number of hydrogen-bond donors (Lipinski definition) is 1. The normalized spacial score (nSPS) is 14.8. The van der Waals surface area contributed by atoms with E-state index in [0.717, 1.165) is 36.0 Å². The molecule has 0 aromatic heterocycles. The molecule has 0 radical (unpaired) electrons. The van der Waals surface area contributed by atoms with Crippen LogP contribution in [0.4, 0.5) is 39.5 Å². The van der Waals surface area contributed by atoms with Crippen LogP contribution in [-0.2, 0) is 39.7 Å². The molecule has 0 fully saturated rings. The molecule has 23 heteroatoms. The molecule has 0 aliphatic carbocycles. The Kier molecular flexibility index (Phi) is 9.61. The Labute approximate surface area is 235 Å². The van der Waals surface area contributed by atoms with Gasteiger partial charge in [-0.2, -0.15) is 47.9 Å². The number of fused-ring (bicyclic) bond motifs is 1. The molecule has 2 aromatic rings. The molecule has 236 valence electrons. The molecule has 0 saturated carbocycles. The number of rotatable bonds is 12. The van der Waals surface area contributed by atoms with Crippen LogP contribution in [0.15, 0.2) is 53.9 Å². The SMILES string of the molecule is C=CC(=O)OC(C)Sc1ccc(OS(=O)(=O)C(F)(F)C(F)(F)C(F)(F)S(=O)(=O)NS(=O)(=O)C(F)(F)F)c2ccccc12. The van der Waals surface area contributed by atoms with Gasteiger partial charge >= 0.3 is 48.1 Å². The fourth-order valence-electron chi connectivity index (χ4n) is 2.74. The van der Waals surface area contributed by atoms with Crippen molar-refractivity contribution in [3.8, 4) is 5.75 Å². The van der Waals surface area contributed by atoms with Gasteiger partial charge in [-0.05, 0) is 24.4 Å². The van der Waals surface area contributed by atoms with Crippen LogP contribution < -0.4 is 8.31 Å². The summed E-state index contributed by atoms with van der Waals surface area (Å²) in [5.74, 6) is -9.68. The number of nitrogens with one attached hydrogen (secondary N) is 1. The van der Waals surface area contributed by atoms with E-state index in [1.807, 2.05) is 0 Å². The number of hydrogen-bond acceptors (Lipinski definition) is 10. The summed E-state index contributed by atoms with van der Waals surface area (Å²) in [5.41, 5.74) is -7.63. The van der Waals surface area contributed by atoms with Gasteiger partial charge < -0.3 is 8.92 Å². The minimum Gasteiger partial charge on any atom is -0.448 e. The molecular formula is C19H14F9NO9S4. The zero-order chi connectivity index (χ0) is 32.7. The van der Waals surface area contributed by atoms with Crippen LogP contribution in [0.25, 0.3) is 10.8 Å². The summed E-state index contributed by atoms with van der Waals surface area (Å²) in [4.78, 5) is 11.5. The van der Waals surface area contributed by atoms with Crippen LogP contribution in [0.5, 0.6) is 5.75 Å². The molecule has 0 bridgehead atoms. The minimum absolute atomic E-state index is 0.0405.